The molecule has 3 heterocycles. The minimum absolute atomic E-state index is 0.658. The molecule has 4 aromatic rings. The summed E-state index contributed by atoms with van der Waals surface area (Å²) in [4.78, 5) is 4.43. The number of pyridine rings is 2. The second kappa shape index (κ2) is 5.20. The first-order chi connectivity index (χ1) is 11.8. The van der Waals surface area contributed by atoms with Crippen molar-refractivity contribution in [2.75, 3.05) is 0 Å². The smallest absolute Gasteiger partial charge is 0.212 e. The highest BCUT2D eigenvalue weighted by Gasteiger charge is 2.17. The molecule has 0 amide bonds. The normalized spacial score (nSPS) is 13.3. The number of hydrogen-bond acceptors (Lipinski definition) is 2. The molecule has 0 N–H and O–H groups in total. The Morgan fingerprint density at radius 2 is 2.09 bits per heavy atom. The van der Waals surface area contributed by atoms with Crippen LogP contribution < -0.4 is 4.57 Å². The van der Waals surface area contributed by atoms with Gasteiger partial charge in [-0.25, -0.2) is 4.57 Å². The number of aryl methyl sites for hydroxylation is 3. The van der Waals surface area contributed by atoms with E-state index >= 15 is 0 Å². The Hall–Kier alpha value is -2.68. The highest BCUT2D eigenvalue weighted by molar-refractivity contribution is 6.03. The van der Waals surface area contributed by atoms with Crippen LogP contribution in [0.25, 0.3) is 33.3 Å². The summed E-state index contributed by atoms with van der Waals surface area (Å²) in [5, 5.41) is 1.01. The zero-order chi connectivity index (χ0) is 17.8. The van der Waals surface area contributed by atoms with Crippen LogP contribution in [-0.2, 0) is 13.4 Å². The maximum Gasteiger partial charge on any atom is 0.212 e. The summed E-state index contributed by atoms with van der Waals surface area (Å²) in [5.74, 6) is 0. The van der Waals surface area contributed by atoms with Gasteiger partial charge in [-0.3, -0.25) is 4.98 Å². The van der Waals surface area contributed by atoms with Crippen molar-refractivity contribution in [3.8, 4) is 11.3 Å². The second-order valence-corrected chi connectivity index (χ2v) is 5.78. The number of rotatable bonds is 2. The van der Waals surface area contributed by atoms with Crippen molar-refractivity contribution in [3.05, 3.63) is 59.9 Å². The van der Waals surface area contributed by atoms with Gasteiger partial charge in [0, 0.05) is 26.0 Å². The van der Waals surface area contributed by atoms with Crippen LogP contribution in [0.4, 0.5) is 0 Å². The Morgan fingerprint density at radius 1 is 1.22 bits per heavy atom. The van der Waals surface area contributed by atoms with E-state index in [9.17, 15) is 0 Å². The lowest BCUT2D eigenvalue weighted by Crippen LogP contribution is -2.31. The molecule has 0 spiro atoms. The minimum Gasteiger partial charge on any atom is -0.454 e. The largest absolute Gasteiger partial charge is 0.454 e. The van der Waals surface area contributed by atoms with Crippen LogP contribution in [0.3, 0.4) is 0 Å². The number of nitrogens with zero attached hydrogens (tertiary/aromatic N) is 2. The highest BCUT2D eigenvalue weighted by atomic mass is 16.3. The first-order valence-electron chi connectivity index (χ1n) is 8.63. The van der Waals surface area contributed by atoms with Gasteiger partial charge in [0.15, 0.2) is 11.8 Å². The molecule has 0 atom stereocenters. The quantitative estimate of drug-likeness (QED) is 0.516. The second-order valence-electron chi connectivity index (χ2n) is 5.78. The molecular formula is C20H19N2O+. The maximum absolute atomic E-state index is 7.89. The lowest BCUT2D eigenvalue weighted by Gasteiger charge is -2.05. The van der Waals surface area contributed by atoms with E-state index in [0.717, 1.165) is 38.9 Å². The molecule has 23 heavy (non-hydrogen) atoms. The standard InChI is InChI=1S/C20H19N2O/c1-4-14-7-8-17(22(3)12-14)15-11-19-16(10-13(15)2)20-18(23-19)6-5-9-21-20/h5-12H,4H2,1-3H3/q+1/i4D2. The van der Waals surface area contributed by atoms with E-state index in [1.54, 1.807) is 13.1 Å². The van der Waals surface area contributed by atoms with E-state index < -0.39 is 6.37 Å². The maximum atomic E-state index is 7.89. The molecule has 3 nitrogen and oxygen atoms in total. The average Bonchev–Trinajstić information content (AvgIpc) is 2.91. The van der Waals surface area contributed by atoms with Crippen molar-refractivity contribution in [2.45, 2.75) is 20.2 Å². The van der Waals surface area contributed by atoms with Gasteiger partial charge < -0.3 is 4.42 Å². The number of benzene rings is 1. The number of aromatic nitrogens is 2. The third kappa shape index (κ3) is 2.20. The third-order valence-corrected chi connectivity index (χ3v) is 4.27. The van der Waals surface area contributed by atoms with Crippen LogP contribution >= 0.6 is 0 Å². The molecule has 3 aromatic heterocycles. The molecule has 0 aliphatic heterocycles. The van der Waals surface area contributed by atoms with E-state index in [4.69, 9.17) is 7.16 Å². The monoisotopic (exact) mass is 305 g/mol. The van der Waals surface area contributed by atoms with Crippen molar-refractivity contribution in [1.82, 2.24) is 4.98 Å². The van der Waals surface area contributed by atoms with Crippen molar-refractivity contribution < 1.29 is 11.7 Å². The summed E-state index contributed by atoms with van der Waals surface area (Å²) < 4.78 is 23.7. The van der Waals surface area contributed by atoms with Crippen LogP contribution in [0.2, 0.25) is 0 Å². The molecule has 0 aliphatic rings. The van der Waals surface area contributed by atoms with E-state index in [2.05, 4.69) is 18.0 Å². The Kier molecular flexibility index (Phi) is 2.67. The molecule has 4 rings (SSSR count). The molecule has 0 bridgehead atoms. The van der Waals surface area contributed by atoms with Crippen molar-refractivity contribution >= 4 is 22.1 Å². The Labute approximate surface area is 138 Å². The third-order valence-electron chi connectivity index (χ3n) is 4.27. The molecule has 0 unspecified atom stereocenters. The highest BCUT2D eigenvalue weighted by Crippen LogP contribution is 2.32. The van der Waals surface area contributed by atoms with Gasteiger partial charge in [-0.05, 0) is 49.2 Å². The van der Waals surface area contributed by atoms with Crippen molar-refractivity contribution in [1.29, 1.82) is 0 Å². The van der Waals surface area contributed by atoms with E-state index in [0.29, 0.717) is 5.56 Å². The van der Waals surface area contributed by atoms with Crippen molar-refractivity contribution in [2.24, 2.45) is 7.05 Å². The number of fused-ring (bicyclic) bond motifs is 3. The first-order valence-corrected chi connectivity index (χ1v) is 7.63. The Balaban J connectivity index is 1.92. The molecule has 0 saturated heterocycles. The summed E-state index contributed by atoms with van der Waals surface area (Å²) >= 11 is 0. The zero-order valence-electron chi connectivity index (χ0n) is 15.4. The SMILES string of the molecule is [2H]C([2H])(C)c1ccc(-c2cc3oc4cccnc4c3cc2C)[n+](C)c1. The predicted molar refractivity (Wildman–Crippen MR) is 92.2 cm³/mol. The van der Waals surface area contributed by atoms with Gasteiger partial charge >= 0.3 is 0 Å². The van der Waals surface area contributed by atoms with Crippen LogP contribution in [0.1, 0.15) is 20.8 Å². The van der Waals surface area contributed by atoms with Gasteiger partial charge in [0.25, 0.3) is 0 Å². The van der Waals surface area contributed by atoms with Crippen molar-refractivity contribution in [3.63, 3.8) is 0 Å². The van der Waals surface area contributed by atoms with Crippen LogP contribution in [0.5, 0.6) is 0 Å². The molecular weight excluding hydrogens is 284 g/mol. The van der Waals surface area contributed by atoms with Crippen LogP contribution in [0, 0.1) is 6.92 Å². The van der Waals surface area contributed by atoms with Gasteiger partial charge in [0.1, 0.15) is 18.1 Å². The zero-order valence-corrected chi connectivity index (χ0v) is 13.4. The average molecular weight is 305 g/mol. The van der Waals surface area contributed by atoms with Gasteiger partial charge in [-0.1, -0.05) is 6.92 Å². The van der Waals surface area contributed by atoms with Gasteiger partial charge in [0.05, 0.1) is 5.56 Å². The molecule has 114 valence electrons. The molecule has 0 radical (unpaired) electrons. The van der Waals surface area contributed by atoms with Crippen LogP contribution in [0.15, 0.2) is 53.2 Å². The molecule has 1 aromatic carbocycles. The fraction of sp³-hybridized carbons (Fsp3) is 0.200. The lowest BCUT2D eigenvalue weighted by atomic mass is 10.0. The van der Waals surface area contributed by atoms with E-state index in [-0.39, 0.29) is 0 Å². The molecule has 0 fully saturated rings. The summed E-state index contributed by atoms with van der Waals surface area (Å²) in [7, 11) is 1.94. The van der Waals surface area contributed by atoms with Gasteiger partial charge in [0.2, 0.25) is 5.69 Å². The molecule has 3 heteroatoms. The van der Waals surface area contributed by atoms with Crippen LogP contribution in [-0.4, -0.2) is 4.98 Å². The summed E-state index contributed by atoms with van der Waals surface area (Å²) in [5.41, 5.74) is 6.34. The Morgan fingerprint density at radius 3 is 2.87 bits per heavy atom. The van der Waals surface area contributed by atoms with E-state index in [1.165, 1.54) is 0 Å². The van der Waals surface area contributed by atoms with Gasteiger partial charge in [-0.2, -0.15) is 0 Å². The minimum atomic E-state index is -1.36. The number of hydrogen-bond donors (Lipinski definition) is 0. The number of furan rings is 1. The predicted octanol–water partition coefficient (Wildman–Crippen LogP) is 4.34. The van der Waals surface area contributed by atoms with Gasteiger partial charge in [-0.15, -0.1) is 0 Å². The summed E-state index contributed by atoms with van der Waals surface area (Å²) in [6.07, 6.45) is 2.26. The topological polar surface area (TPSA) is 29.9 Å². The fourth-order valence-electron chi connectivity index (χ4n) is 3.06. The summed E-state index contributed by atoms with van der Waals surface area (Å²) in [6, 6.07) is 11.8. The molecule has 0 aliphatic carbocycles. The first kappa shape index (κ1) is 11.8. The lowest BCUT2D eigenvalue weighted by molar-refractivity contribution is -0.660. The Bertz CT molecular complexity index is 1110. The summed E-state index contributed by atoms with van der Waals surface area (Å²) in [6.45, 7) is 3.64. The molecule has 0 saturated carbocycles. The fourth-order valence-corrected chi connectivity index (χ4v) is 3.06. The van der Waals surface area contributed by atoms with E-state index in [1.807, 2.05) is 48.1 Å².